The second kappa shape index (κ2) is 5.49. The normalized spacial score (nSPS) is 23.7. The second-order valence-electron chi connectivity index (χ2n) is 5.40. The minimum Gasteiger partial charge on any atom is -0.316 e. The maximum Gasteiger partial charge on any atom is -0.00258 e. The van der Waals surface area contributed by atoms with Gasteiger partial charge in [-0.1, -0.05) is 44.2 Å². The highest BCUT2D eigenvalue weighted by molar-refractivity contribution is 5.25. The molecular weight excluding hydrogens is 194 g/mol. The Morgan fingerprint density at radius 3 is 2.69 bits per heavy atom. The molecule has 1 fully saturated rings. The summed E-state index contributed by atoms with van der Waals surface area (Å²) in [6.07, 6.45) is 2.74. The minimum absolute atomic E-state index is 0.768. The van der Waals surface area contributed by atoms with Gasteiger partial charge in [0, 0.05) is 0 Å². The van der Waals surface area contributed by atoms with Crippen molar-refractivity contribution in [1.29, 1.82) is 0 Å². The lowest BCUT2D eigenvalue weighted by molar-refractivity contribution is 0.528. The van der Waals surface area contributed by atoms with Crippen LogP contribution in [0.1, 0.15) is 38.2 Å². The molecule has 1 nitrogen and oxygen atoms in total. The van der Waals surface area contributed by atoms with Crippen LogP contribution in [-0.4, -0.2) is 13.1 Å². The van der Waals surface area contributed by atoms with Crippen LogP contribution in [0.5, 0.6) is 0 Å². The number of nitrogens with one attached hydrogen (secondary N) is 1. The summed E-state index contributed by atoms with van der Waals surface area (Å²) < 4.78 is 0. The Kier molecular flexibility index (Phi) is 4.00. The van der Waals surface area contributed by atoms with Gasteiger partial charge in [-0.2, -0.15) is 0 Å². The standard InChI is InChI=1S/C15H23N/c1-12(2)11-16-9-8-14-10-15(14)13-6-4-3-5-7-13/h3-7,12,14-16H,8-11H2,1-2H3. The van der Waals surface area contributed by atoms with Crippen LogP contribution in [-0.2, 0) is 0 Å². The number of rotatable bonds is 6. The summed E-state index contributed by atoms with van der Waals surface area (Å²) in [6.45, 7) is 6.86. The van der Waals surface area contributed by atoms with Crippen molar-refractivity contribution in [3.8, 4) is 0 Å². The average Bonchev–Trinajstić information content (AvgIpc) is 3.05. The molecule has 1 heteroatoms. The fraction of sp³-hybridized carbons (Fsp3) is 0.600. The van der Waals surface area contributed by atoms with Gasteiger partial charge in [0.15, 0.2) is 0 Å². The summed E-state index contributed by atoms with van der Waals surface area (Å²) in [4.78, 5) is 0. The molecule has 0 saturated heterocycles. The fourth-order valence-electron chi connectivity index (χ4n) is 2.35. The first-order chi connectivity index (χ1) is 7.77. The molecular formula is C15H23N. The molecule has 0 spiro atoms. The van der Waals surface area contributed by atoms with Crippen molar-refractivity contribution < 1.29 is 0 Å². The second-order valence-corrected chi connectivity index (χ2v) is 5.40. The van der Waals surface area contributed by atoms with Gasteiger partial charge in [0.1, 0.15) is 0 Å². The summed E-state index contributed by atoms with van der Waals surface area (Å²) in [5, 5.41) is 3.53. The van der Waals surface area contributed by atoms with E-state index in [1.807, 2.05) is 0 Å². The monoisotopic (exact) mass is 217 g/mol. The smallest absolute Gasteiger partial charge is 0.00258 e. The van der Waals surface area contributed by atoms with Crippen molar-refractivity contribution in [3.63, 3.8) is 0 Å². The zero-order valence-electron chi connectivity index (χ0n) is 10.4. The van der Waals surface area contributed by atoms with E-state index in [9.17, 15) is 0 Å². The molecule has 1 N–H and O–H groups in total. The summed E-state index contributed by atoms with van der Waals surface area (Å²) in [7, 11) is 0. The third-order valence-electron chi connectivity index (χ3n) is 3.39. The van der Waals surface area contributed by atoms with Crippen molar-refractivity contribution in [3.05, 3.63) is 35.9 Å². The van der Waals surface area contributed by atoms with E-state index in [-0.39, 0.29) is 0 Å². The van der Waals surface area contributed by atoms with Crippen LogP contribution in [0.25, 0.3) is 0 Å². The number of hydrogen-bond donors (Lipinski definition) is 1. The van der Waals surface area contributed by atoms with E-state index in [0.717, 1.165) is 24.3 Å². The lowest BCUT2D eigenvalue weighted by Gasteiger charge is -2.06. The molecule has 0 radical (unpaired) electrons. The van der Waals surface area contributed by atoms with Crippen LogP contribution >= 0.6 is 0 Å². The maximum atomic E-state index is 3.53. The molecule has 2 rings (SSSR count). The van der Waals surface area contributed by atoms with E-state index in [4.69, 9.17) is 0 Å². The predicted molar refractivity (Wildman–Crippen MR) is 69.6 cm³/mol. The quantitative estimate of drug-likeness (QED) is 0.720. The first kappa shape index (κ1) is 11.7. The average molecular weight is 217 g/mol. The molecule has 1 aromatic carbocycles. The molecule has 0 amide bonds. The molecule has 1 aliphatic rings. The highest BCUT2D eigenvalue weighted by Gasteiger charge is 2.37. The molecule has 1 saturated carbocycles. The molecule has 0 bridgehead atoms. The Balaban J connectivity index is 1.65. The summed E-state index contributed by atoms with van der Waals surface area (Å²) in [5.74, 6) is 2.55. The van der Waals surface area contributed by atoms with Gasteiger partial charge >= 0.3 is 0 Å². The largest absolute Gasteiger partial charge is 0.316 e. The Hall–Kier alpha value is -0.820. The zero-order chi connectivity index (χ0) is 11.4. The predicted octanol–water partition coefficient (Wildman–Crippen LogP) is 3.43. The summed E-state index contributed by atoms with van der Waals surface area (Å²) in [5.41, 5.74) is 1.54. The maximum absolute atomic E-state index is 3.53. The lowest BCUT2D eigenvalue weighted by Crippen LogP contribution is -2.21. The Labute approximate surface area is 99.3 Å². The highest BCUT2D eigenvalue weighted by atomic mass is 14.9. The first-order valence-corrected chi connectivity index (χ1v) is 6.53. The van der Waals surface area contributed by atoms with E-state index < -0.39 is 0 Å². The van der Waals surface area contributed by atoms with E-state index >= 15 is 0 Å². The molecule has 2 unspecified atom stereocenters. The third kappa shape index (κ3) is 3.34. The van der Waals surface area contributed by atoms with E-state index in [0.29, 0.717) is 0 Å². The fourth-order valence-corrected chi connectivity index (χ4v) is 2.35. The number of hydrogen-bond acceptors (Lipinski definition) is 1. The molecule has 2 atom stereocenters. The van der Waals surface area contributed by atoms with Gasteiger partial charge in [-0.25, -0.2) is 0 Å². The molecule has 16 heavy (non-hydrogen) atoms. The molecule has 1 aromatic rings. The van der Waals surface area contributed by atoms with Crippen LogP contribution in [0.4, 0.5) is 0 Å². The summed E-state index contributed by atoms with van der Waals surface area (Å²) >= 11 is 0. The van der Waals surface area contributed by atoms with Crippen LogP contribution < -0.4 is 5.32 Å². The highest BCUT2D eigenvalue weighted by Crippen LogP contribution is 2.49. The van der Waals surface area contributed by atoms with Crippen LogP contribution in [0, 0.1) is 11.8 Å². The van der Waals surface area contributed by atoms with E-state index in [2.05, 4.69) is 49.5 Å². The van der Waals surface area contributed by atoms with Crippen molar-refractivity contribution in [2.45, 2.75) is 32.6 Å². The third-order valence-corrected chi connectivity index (χ3v) is 3.39. The van der Waals surface area contributed by atoms with Crippen molar-refractivity contribution >= 4 is 0 Å². The van der Waals surface area contributed by atoms with Crippen molar-refractivity contribution in [2.75, 3.05) is 13.1 Å². The van der Waals surface area contributed by atoms with Crippen LogP contribution in [0.3, 0.4) is 0 Å². The Bertz CT molecular complexity index is 304. The topological polar surface area (TPSA) is 12.0 Å². The van der Waals surface area contributed by atoms with E-state index in [1.165, 1.54) is 24.9 Å². The van der Waals surface area contributed by atoms with E-state index in [1.54, 1.807) is 0 Å². The molecule has 0 aliphatic heterocycles. The van der Waals surface area contributed by atoms with Crippen LogP contribution in [0.2, 0.25) is 0 Å². The van der Waals surface area contributed by atoms with Gasteiger partial charge in [-0.05, 0) is 49.2 Å². The van der Waals surface area contributed by atoms with Gasteiger partial charge in [-0.15, -0.1) is 0 Å². The molecule has 0 heterocycles. The summed E-state index contributed by atoms with van der Waals surface area (Å²) in [6, 6.07) is 11.0. The molecule has 1 aliphatic carbocycles. The first-order valence-electron chi connectivity index (χ1n) is 6.53. The minimum atomic E-state index is 0.768. The van der Waals surface area contributed by atoms with Gasteiger partial charge in [0.2, 0.25) is 0 Å². The van der Waals surface area contributed by atoms with Crippen molar-refractivity contribution in [2.24, 2.45) is 11.8 Å². The van der Waals surface area contributed by atoms with Gasteiger partial charge in [-0.3, -0.25) is 0 Å². The molecule has 0 aromatic heterocycles. The zero-order valence-corrected chi connectivity index (χ0v) is 10.4. The SMILES string of the molecule is CC(C)CNCCC1CC1c1ccccc1. The Morgan fingerprint density at radius 1 is 1.25 bits per heavy atom. The Morgan fingerprint density at radius 2 is 2.00 bits per heavy atom. The van der Waals surface area contributed by atoms with Gasteiger partial charge in [0.05, 0.1) is 0 Å². The lowest BCUT2D eigenvalue weighted by atomic mass is 10.1. The number of benzene rings is 1. The van der Waals surface area contributed by atoms with Crippen molar-refractivity contribution in [1.82, 2.24) is 5.32 Å². The molecule has 88 valence electrons. The van der Waals surface area contributed by atoms with Gasteiger partial charge in [0.25, 0.3) is 0 Å². The van der Waals surface area contributed by atoms with Gasteiger partial charge < -0.3 is 5.32 Å². The van der Waals surface area contributed by atoms with Crippen LogP contribution in [0.15, 0.2) is 30.3 Å².